The van der Waals surface area contributed by atoms with Crippen molar-refractivity contribution < 1.29 is 4.74 Å². The van der Waals surface area contributed by atoms with Gasteiger partial charge < -0.3 is 10.1 Å². The predicted octanol–water partition coefficient (Wildman–Crippen LogP) is 2.40. The lowest BCUT2D eigenvalue weighted by Gasteiger charge is -2.13. The van der Waals surface area contributed by atoms with Gasteiger partial charge in [0.05, 0.1) is 17.7 Å². The third-order valence-electron chi connectivity index (χ3n) is 2.04. The molecular formula is C12H16N2O. The first kappa shape index (κ1) is 11.5. The zero-order chi connectivity index (χ0) is 11.1. The average Bonchev–Trinajstić information content (AvgIpc) is 2.27. The number of rotatable bonds is 5. The lowest BCUT2D eigenvalue weighted by atomic mass is 10.2. The number of hydrogen-bond acceptors (Lipinski definition) is 3. The maximum Gasteiger partial charge on any atom is 0.0992 e. The largest absolute Gasteiger partial charge is 0.382 e. The minimum atomic E-state index is 0.181. The van der Waals surface area contributed by atoms with Crippen LogP contribution in [0.2, 0.25) is 0 Å². The summed E-state index contributed by atoms with van der Waals surface area (Å²) >= 11 is 0. The summed E-state index contributed by atoms with van der Waals surface area (Å²) in [4.78, 5) is 0. The van der Waals surface area contributed by atoms with Crippen LogP contribution in [0.25, 0.3) is 0 Å². The summed E-state index contributed by atoms with van der Waals surface area (Å²) in [6, 6.07) is 9.54. The molecule has 1 N–H and O–H groups in total. The van der Waals surface area contributed by atoms with E-state index in [9.17, 15) is 0 Å². The number of ether oxygens (including phenoxy) is 1. The van der Waals surface area contributed by atoms with Crippen molar-refractivity contribution in [3.05, 3.63) is 29.8 Å². The molecule has 1 rings (SSSR count). The minimum absolute atomic E-state index is 0.181. The second-order valence-corrected chi connectivity index (χ2v) is 3.34. The summed E-state index contributed by atoms with van der Waals surface area (Å²) in [7, 11) is 0. The van der Waals surface area contributed by atoms with Gasteiger partial charge in [0.1, 0.15) is 0 Å². The van der Waals surface area contributed by atoms with Crippen LogP contribution in [0.4, 0.5) is 5.69 Å². The molecule has 1 aromatic rings. The molecule has 0 bridgehead atoms. The Balaban J connectivity index is 2.47. The molecule has 0 saturated carbocycles. The fourth-order valence-electron chi connectivity index (χ4n) is 1.30. The molecule has 3 nitrogen and oxygen atoms in total. The van der Waals surface area contributed by atoms with Gasteiger partial charge in [-0.2, -0.15) is 5.26 Å². The van der Waals surface area contributed by atoms with Crippen LogP contribution < -0.4 is 5.32 Å². The molecule has 0 aliphatic carbocycles. The molecule has 0 radical (unpaired) electrons. The minimum Gasteiger partial charge on any atom is -0.382 e. The molecule has 0 saturated heterocycles. The molecule has 0 aromatic heterocycles. The van der Waals surface area contributed by atoms with Crippen molar-refractivity contribution in [2.24, 2.45) is 0 Å². The monoisotopic (exact) mass is 204 g/mol. The lowest BCUT2D eigenvalue weighted by molar-refractivity contribution is 0.0855. The molecule has 1 atom stereocenters. The Hall–Kier alpha value is -1.53. The van der Waals surface area contributed by atoms with Gasteiger partial charge in [-0.25, -0.2) is 0 Å². The van der Waals surface area contributed by atoms with E-state index in [4.69, 9.17) is 10.00 Å². The quantitative estimate of drug-likeness (QED) is 0.801. The van der Waals surface area contributed by atoms with Gasteiger partial charge in [-0.3, -0.25) is 0 Å². The van der Waals surface area contributed by atoms with Gasteiger partial charge >= 0.3 is 0 Å². The first-order chi connectivity index (χ1) is 7.26. The van der Waals surface area contributed by atoms with E-state index < -0.39 is 0 Å². The fourth-order valence-corrected chi connectivity index (χ4v) is 1.30. The topological polar surface area (TPSA) is 45.0 Å². The zero-order valence-electron chi connectivity index (χ0n) is 9.16. The van der Waals surface area contributed by atoms with Crippen molar-refractivity contribution >= 4 is 5.69 Å². The van der Waals surface area contributed by atoms with E-state index in [0.717, 1.165) is 18.8 Å². The van der Waals surface area contributed by atoms with Gasteiger partial charge in [0.2, 0.25) is 0 Å². The van der Waals surface area contributed by atoms with Crippen LogP contribution in [0.1, 0.15) is 19.4 Å². The van der Waals surface area contributed by atoms with Gasteiger partial charge in [-0.05, 0) is 32.0 Å². The van der Waals surface area contributed by atoms with Crippen LogP contribution in [0, 0.1) is 11.3 Å². The molecule has 1 unspecified atom stereocenters. The smallest absolute Gasteiger partial charge is 0.0992 e. The zero-order valence-corrected chi connectivity index (χ0v) is 9.16. The third kappa shape index (κ3) is 4.01. The first-order valence-electron chi connectivity index (χ1n) is 5.12. The molecular weight excluding hydrogens is 188 g/mol. The van der Waals surface area contributed by atoms with Gasteiger partial charge in [-0.1, -0.05) is 6.07 Å². The summed E-state index contributed by atoms with van der Waals surface area (Å²) in [5, 5.41) is 11.9. The standard InChI is InChI=1S/C12H16N2O/c1-3-15-10(2)9-14-12-6-4-5-11(7-12)8-13/h4-7,10,14H,3,9H2,1-2H3. The van der Waals surface area contributed by atoms with Crippen molar-refractivity contribution in [2.75, 3.05) is 18.5 Å². The number of nitrogens with zero attached hydrogens (tertiary/aromatic N) is 1. The molecule has 0 aliphatic rings. The number of nitrogens with one attached hydrogen (secondary N) is 1. The van der Waals surface area contributed by atoms with Crippen molar-refractivity contribution in [1.29, 1.82) is 5.26 Å². The molecule has 0 aliphatic heterocycles. The summed E-state index contributed by atoms with van der Waals surface area (Å²) in [6.07, 6.45) is 0.181. The summed E-state index contributed by atoms with van der Waals surface area (Å²) in [5.74, 6) is 0. The second kappa shape index (κ2) is 6.05. The van der Waals surface area contributed by atoms with Gasteiger partial charge in [-0.15, -0.1) is 0 Å². The van der Waals surface area contributed by atoms with Crippen molar-refractivity contribution in [2.45, 2.75) is 20.0 Å². The number of anilines is 1. The maximum atomic E-state index is 8.72. The van der Waals surface area contributed by atoms with E-state index in [-0.39, 0.29) is 6.10 Å². The van der Waals surface area contributed by atoms with Gasteiger partial charge in [0.15, 0.2) is 0 Å². The molecule has 80 valence electrons. The number of hydrogen-bond donors (Lipinski definition) is 1. The van der Waals surface area contributed by atoms with Crippen LogP contribution in [0.3, 0.4) is 0 Å². The Labute approximate surface area is 90.7 Å². The summed E-state index contributed by atoms with van der Waals surface area (Å²) in [6.45, 7) is 5.47. The van der Waals surface area contributed by atoms with Crippen LogP contribution in [0.5, 0.6) is 0 Å². The molecule has 0 amide bonds. The highest BCUT2D eigenvalue weighted by atomic mass is 16.5. The van der Waals surface area contributed by atoms with Gasteiger partial charge in [0.25, 0.3) is 0 Å². The van der Waals surface area contributed by atoms with Crippen molar-refractivity contribution in [1.82, 2.24) is 0 Å². The predicted molar refractivity (Wildman–Crippen MR) is 60.7 cm³/mol. The van der Waals surface area contributed by atoms with Crippen molar-refractivity contribution in [3.8, 4) is 6.07 Å². The van der Waals surface area contributed by atoms with E-state index in [2.05, 4.69) is 11.4 Å². The maximum absolute atomic E-state index is 8.72. The molecule has 15 heavy (non-hydrogen) atoms. The van der Waals surface area contributed by atoms with E-state index in [1.807, 2.05) is 32.0 Å². The van der Waals surface area contributed by atoms with E-state index >= 15 is 0 Å². The van der Waals surface area contributed by atoms with E-state index in [1.165, 1.54) is 0 Å². The Morgan fingerprint density at radius 1 is 1.53 bits per heavy atom. The second-order valence-electron chi connectivity index (χ2n) is 3.34. The van der Waals surface area contributed by atoms with E-state index in [1.54, 1.807) is 6.07 Å². The summed E-state index contributed by atoms with van der Waals surface area (Å²) in [5.41, 5.74) is 1.63. The Morgan fingerprint density at radius 3 is 3.00 bits per heavy atom. The van der Waals surface area contributed by atoms with E-state index in [0.29, 0.717) is 5.56 Å². The van der Waals surface area contributed by atoms with Crippen LogP contribution in [-0.4, -0.2) is 19.3 Å². The molecule has 0 heterocycles. The Bertz CT molecular complexity index is 344. The number of benzene rings is 1. The first-order valence-corrected chi connectivity index (χ1v) is 5.12. The highest BCUT2D eigenvalue weighted by Crippen LogP contribution is 2.09. The fraction of sp³-hybridized carbons (Fsp3) is 0.417. The van der Waals surface area contributed by atoms with Crippen LogP contribution in [-0.2, 0) is 4.74 Å². The van der Waals surface area contributed by atoms with Crippen LogP contribution >= 0.6 is 0 Å². The summed E-state index contributed by atoms with van der Waals surface area (Å²) < 4.78 is 5.39. The molecule has 0 spiro atoms. The van der Waals surface area contributed by atoms with Crippen molar-refractivity contribution in [3.63, 3.8) is 0 Å². The molecule has 0 fully saturated rings. The normalized spacial score (nSPS) is 11.8. The Kier molecular flexibility index (Phi) is 4.65. The molecule has 3 heteroatoms. The number of nitriles is 1. The lowest BCUT2D eigenvalue weighted by Crippen LogP contribution is -2.19. The Morgan fingerprint density at radius 2 is 2.33 bits per heavy atom. The average molecular weight is 204 g/mol. The SMILES string of the molecule is CCOC(C)CNc1cccc(C#N)c1. The van der Waals surface area contributed by atoms with Gasteiger partial charge in [0, 0.05) is 18.8 Å². The van der Waals surface area contributed by atoms with Crippen LogP contribution in [0.15, 0.2) is 24.3 Å². The third-order valence-corrected chi connectivity index (χ3v) is 2.04. The highest BCUT2D eigenvalue weighted by Gasteiger charge is 2.00. The highest BCUT2D eigenvalue weighted by molar-refractivity contribution is 5.49. The molecule has 1 aromatic carbocycles.